The van der Waals surface area contributed by atoms with E-state index in [9.17, 15) is 4.79 Å². The molecule has 0 heterocycles. The van der Waals surface area contributed by atoms with Gasteiger partial charge in [0, 0.05) is 10.6 Å². The predicted octanol–water partition coefficient (Wildman–Crippen LogP) is 3.05. The molecule has 1 amide bonds. The number of hydrogen-bond acceptors (Lipinski definition) is 4. The van der Waals surface area contributed by atoms with Crippen LogP contribution in [0.1, 0.15) is 11.1 Å². The Kier molecular flexibility index (Phi) is 6.00. The third-order valence-electron chi connectivity index (χ3n) is 3.14. The number of nitrogens with zero attached hydrogens (tertiary/aromatic N) is 1. The zero-order chi connectivity index (χ0) is 16.7. The molecular formula is C17H17ClN2O3. The van der Waals surface area contributed by atoms with Crippen molar-refractivity contribution in [1.29, 1.82) is 0 Å². The number of benzene rings is 2. The monoisotopic (exact) mass is 332 g/mol. The molecule has 0 aromatic heterocycles. The van der Waals surface area contributed by atoms with Gasteiger partial charge < -0.3 is 9.47 Å². The summed E-state index contributed by atoms with van der Waals surface area (Å²) < 4.78 is 10.3. The molecule has 2 aromatic carbocycles. The second-order valence-electron chi connectivity index (χ2n) is 4.67. The number of ether oxygens (including phenoxy) is 2. The number of amides is 1. The maximum absolute atomic E-state index is 12.0. The van der Waals surface area contributed by atoms with Gasteiger partial charge in [0.2, 0.25) is 5.91 Å². The summed E-state index contributed by atoms with van der Waals surface area (Å²) in [5.74, 6) is 1.06. The summed E-state index contributed by atoms with van der Waals surface area (Å²) in [7, 11) is 3.14. The highest BCUT2D eigenvalue weighted by molar-refractivity contribution is 6.31. The molecular weight excluding hydrogens is 316 g/mol. The highest BCUT2D eigenvalue weighted by Gasteiger charge is 2.08. The van der Waals surface area contributed by atoms with Crippen LogP contribution in [0.5, 0.6) is 11.5 Å². The quantitative estimate of drug-likeness (QED) is 0.653. The molecule has 0 saturated heterocycles. The highest BCUT2D eigenvalue weighted by atomic mass is 35.5. The molecule has 5 nitrogen and oxygen atoms in total. The van der Waals surface area contributed by atoms with E-state index in [1.807, 2.05) is 24.3 Å². The lowest BCUT2D eigenvalue weighted by atomic mass is 10.1. The van der Waals surface area contributed by atoms with Gasteiger partial charge in [-0.2, -0.15) is 5.10 Å². The van der Waals surface area contributed by atoms with E-state index in [0.717, 1.165) is 5.56 Å². The molecule has 0 fully saturated rings. The zero-order valence-electron chi connectivity index (χ0n) is 12.9. The van der Waals surface area contributed by atoms with Gasteiger partial charge in [-0.1, -0.05) is 23.7 Å². The molecule has 0 saturated carbocycles. The first-order chi connectivity index (χ1) is 11.1. The second-order valence-corrected chi connectivity index (χ2v) is 5.08. The molecule has 0 aliphatic heterocycles. The molecule has 0 spiro atoms. The van der Waals surface area contributed by atoms with Crippen LogP contribution in [0.2, 0.25) is 5.02 Å². The average molecular weight is 333 g/mol. The minimum atomic E-state index is -0.272. The van der Waals surface area contributed by atoms with Crippen LogP contribution in [0, 0.1) is 0 Å². The molecule has 0 bridgehead atoms. The summed E-state index contributed by atoms with van der Waals surface area (Å²) in [5.41, 5.74) is 3.92. The maximum atomic E-state index is 12.0. The van der Waals surface area contributed by atoms with Crippen molar-refractivity contribution in [3.8, 4) is 11.5 Å². The number of halogens is 1. The molecule has 120 valence electrons. The maximum Gasteiger partial charge on any atom is 0.244 e. The molecule has 2 rings (SSSR count). The minimum absolute atomic E-state index is 0.110. The molecule has 2 aromatic rings. The van der Waals surface area contributed by atoms with Crippen LogP contribution in [-0.2, 0) is 11.2 Å². The van der Waals surface area contributed by atoms with E-state index in [1.54, 1.807) is 32.4 Å². The van der Waals surface area contributed by atoms with Gasteiger partial charge in [-0.25, -0.2) is 5.43 Å². The Morgan fingerprint density at radius 3 is 2.74 bits per heavy atom. The van der Waals surface area contributed by atoms with E-state index in [-0.39, 0.29) is 12.3 Å². The van der Waals surface area contributed by atoms with Gasteiger partial charge in [-0.15, -0.1) is 0 Å². The Hall–Kier alpha value is -2.53. The van der Waals surface area contributed by atoms with Gasteiger partial charge >= 0.3 is 0 Å². The molecule has 0 atom stereocenters. The summed E-state index contributed by atoms with van der Waals surface area (Å²) in [6.07, 6.45) is 1.64. The molecule has 6 heteroatoms. The SMILES string of the molecule is COc1ccc(Cl)c(CC(=O)N/N=C/c2ccccc2OC)c1. The molecule has 0 aliphatic rings. The van der Waals surface area contributed by atoms with Gasteiger partial charge in [0.05, 0.1) is 26.9 Å². The van der Waals surface area contributed by atoms with Crippen molar-refractivity contribution in [1.82, 2.24) is 5.43 Å². The lowest BCUT2D eigenvalue weighted by molar-refractivity contribution is -0.120. The Morgan fingerprint density at radius 2 is 2.00 bits per heavy atom. The first-order valence-corrected chi connectivity index (χ1v) is 7.29. The normalized spacial score (nSPS) is 10.6. The standard InChI is InChI=1S/C17H17ClN2O3/c1-22-14-7-8-15(18)13(9-14)10-17(21)20-19-11-12-5-3-4-6-16(12)23-2/h3-9,11H,10H2,1-2H3,(H,20,21)/b19-11+. The number of nitrogens with one attached hydrogen (secondary N) is 1. The van der Waals surface area contributed by atoms with Crippen LogP contribution >= 0.6 is 11.6 Å². The predicted molar refractivity (Wildman–Crippen MR) is 90.4 cm³/mol. The number of carbonyl (C=O) groups excluding carboxylic acids is 1. The van der Waals surface area contributed by atoms with Crippen molar-refractivity contribution >= 4 is 23.7 Å². The van der Waals surface area contributed by atoms with Crippen LogP contribution in [0.4, 0.5) is 0 Å². The lowest BCUT2D eigenvalue weighted by Crippen LogP contribution is -2.20. The lowest BCUT2D eigenvalue weighted by Gasteiger charge is -2.06. The summed E-state index contributed by atoms with van der Waals surface area (Å²) >= 11 is 6.08. The van der Waals surface area contributed by atoms with Crippen molar-refractivity contribution in [3.63, 3.8) is 0 Å². The van der Waals surface area contributed by atoms with Crippen LogP contribution in [0.15, 0.2) is 47.6 Å². The fraction of sp³-hybridized carbons (Fsp3) is 0.176. The van der Waals surface area contributed by atoms with Crippen molar-refractivity contribution < 1.29 is 14.3 Å². The van der Waals surface area contributed by atoms with Crippen molar-refractivity contribution in [3.05, 3.63) is 58.6 Å². The number of rotatable bonds is 6. The van der Waals surface area contributed by atoms with E-state index in [0.29, 0.717) is 22.1 Å². The van der Waals surface area contributed by atoms with Gasteiger partial charge in [0.15, 0.2) is 0 Å². The third kappa shape index (κ3) is 4.72. The fourth-order valence-electron chi connectivity index (χ4n) is 1.97. The van der Waals surface area contributed by atoms with Crippen molar-refractivity contribution in [2.45, 2.75) is 6.42 Å². The molecule has 0 radical (unpaired) electrons. The van der Waals surface area contributed by atoms with Gasteiger partial charge in [-0.05, 0) is 35.9 Å². The van der Waals surface area contributed by atoms with E-state index in [4.69, 9.17) is 21.1 Å². The van der Waals surface area contributed by atoms with E-state index < -0.39 is 0 Å². The number of hydrazone groups is 1. The van der Waals surface area contributed by atoms with Gasteiger partial charge in [-0.3, -0.25) is 4.79 Å². The Morgan fingerprint density at radius 1 is 1.22 bits per heavy atom. The van der Waals surface area contributed by atoms with Crippen LogP contribution in [0.25, 0.3) is 0 Å². The summed E-state index contributed by atoms with van der Waals surface area (Å²) in [6, 6.07) is 12.5. The largest absolute Gasteiger partial charge is 0.497 e. The smallest absolute Gasteiger partial charge is 0.244 e. The Balaban J connectivity index is 1.99. The van der Waals surface area contributed by atoms with Crippen LogP contribution in [-0.4, -0.2) is 26.3 Å². The van der Waals surface area contributed by atoms with E-state index in [1.165, 1.54) is 6.21 Å². The van der Waals surface area contributed by atoms with Gasteiger partial charge in [0.25, 0.3) is 0 Å². The Labute approximate surface area is 139 Å². The van der Waals surface area contributed by atoms with E-state index >= 15 is 0 Å². The van der Waals surface area contributed by atoms with Crippen LogP contribution in [0.3, 0.4) is 0 Å². The first-order valence-electron chi connectivity index (χ1n) is 6.91. The van der Waals surface area contributed by atoms with Crippen molar-refractivity contribution in [2.24, 2.45) is 5.10 Å². The van der Waals surface area contributed by atoms with Crippen molar-refractivity contribution in [2.75, 3.05) is 14.2 Å². The number of methoxy groups -OCH3 is 2. The first kappa shape index (κ1) is 16.8. The molecule has 23 heavy (non-hydrogen) atoms. The number of hydrogen-bond donors (Lipinski definition) is 1. The third-order valence-corrected chi connectivity index (χ3v) is 3.50. The summed E-state index contributed by atoms with van der Waals surface area (Å²) in [6.45, 7) is 0. The number of carbonyl (C=O) groups is 1. The minimum Gasteiger partial charge on any atom is -0.497 e. The fourth-order valence-corrected chi connectivity index (χ4v) is 2.16. The number of para-hydroxylation sites is 1. The van der Waals surface area contributed by atoms with Gasteiger partial charge in [0.1, 0.15) is 11.5 Å². The molecule has 1 N–H and O–H groups in total. The highest BCUT2D eigenvalue weighted by Crippen LogP contribution is 2.22. The van der Waals surface area contributed by atoms with Crippen LogP contribution < -0.4 is 14.9 Å². The van der Waals surface area contributed by atoms with E-state index in [2.05, 4.69) is 10.5 Å². The molecule has 0 aliphatic carbocycles. The average Bonchev–Trinajstić information content (AvgIpc) is 2.57. The molecule has 0 unspecified atom stereocenters. The summed E-state index contributed by atoms with van der Waals surface area (Å²) in [5, 5.41) is 4.45. The topological polar surface area (TPSA) is 59.9 Å². The zero-order valence-corrected chi connectivity index (χ0v) is 13.6. The summed E-state index contributed by atoms with van der Waals surface area (Å²) in [4.78, 5) is 12.0. The second kappa shape index (κ2) is 8.19. The Bertz CT molecular complexity index is 717.